The minimum atomic E-state index is -0.849. The lowest BCUT2D eigenvalue weighted by atomic mass is 10.1. The minimum absolute atomic E-state index is 0.331. The number of hydrogen-bond donors (Lipinski definition) is 1. The Kier molecular flexibility index (Phi) is 7.11. The third-order valence-corrected chi connectivity index (χ3v) is 3.09. The molecular formula is C17H23NO4. The van der Waals surface area contributed by atoms with E-state index in [0.29, 0.717) is 37.8 Å². The maximum absolute atomic E-state index is 11.1. The van der Waals surface area contributed by atoms with Crippen molar-refractivity contribution in [3.63, 3.8) is 0 Å². The molecule has 0 saturated carbocycles. The van der Waals surface area contributed by atoms with E-state index >= 15 is 0 Å². The van der Waals surface area contributed by atoms with Gasteiger partial charge < -0.3 is 19.5 Å². The van der Waals surface area contributed by atoms with Crippen molar-refractivity contribution in [2.75, 3.05) is 31.2 Å². The van der Waals surface area contributed by atoms with Crippen LogP contribution in [0.25, 0.3) is 0 Å². The third-order valence-electron chi connectivity index (χ3n) is 3.09. The van der Waals surface area contributed by atoms with Gasteiger partial charge in [0, 0.05) is 18.3 Å². The molecule has 0 amide bonds. The van der Waals surface area contributed by atoms with Crippen LogP contribution in [-0.2, 0) is 4.79 Å². The second-order valence-corrected chi connectivity index (χ2v) is 4.82. The van der Waals surface area contributed by atoms with Crippen LogP contribution in [0.3, 0.4) is 0 Å². The second-order valence-electron chi connectivity index (χ2n) is 4.82. The first-order valence-electron chi connectivity index (χ1n) is 7.34. The van der Waals surface area contributed by atoms with Crippen LogP contribution in [-0.4, -0.2) is 37.4 Å². The quantitative estimate of drug-likeness (QED) is 0.711. The zero-order valence-electron chi connectivity index (χ0n) is 13.3. The lowest BCUT2D eigenvalue weighted by Crippen LogP contribution is -2.32. The average molecular weight is 305 g/mol. The van der Waals surface area contributed by atoms with Crippen LogP contribution in [0.4, 0.5) is 5.69 Å². The lowest BCUT2D eigenvalue weighted by Gasteiger charge is -2.25. The third kappa shape index (κ3) is 4.88. The molecule has 0 aliphatic heterocycles. The summed E-state index contributed by atoms with van der Waals surface area (Å²) in [5, 5.41) is 9.08. The highest BCUT2D eigenvalue weighted by Crippen LogP contribution is 2.32. The number of nitrogens with zero attached hydrogens (tertiary/aromatic N) is 1. The normalized spacial score (nSPS) is 11.4. The summed E-state index contributed by atoms with van der Waals surface area (Å²) in [7, 11) is 0. The molecule has 0 spiro atoms. The fourth-order valence-electron chi connectivity index (χ4n) is 2.02. The van der Waals surface area contributed by atoms with Crippen molar-refractivity contribution < 1.29 is 19.4 Å². The van der Waals surface area contributed by atoms with Crippen LogP contribution in [0.1, 0.15) is 20.8 Å². The molecule has 0 fully saturated rings. The smallest absolute Gasteiger partial charge is 0.308 e. The molecule has 1 atom stereocenters. The molecule has 1 aromatic rings. The molecule has 1 aromatic carbocycles. The van der Waals surface area contributed by atoms with Gasteiger partial charge in [-0.1, -0.05) is 12.8 Å². The number of hydrogen-bond acceptors (Lipinski definition) is 4. The SMILES string of the molecule is C#CCN(CC(C)C(=O)O)c1ccc(OCC)c(OCC)c1. The molecule has 0 aromatic heterocycles. The lowest BCUT2D eigenvalue weighted by molar-refractivity contribution is -0.140. The Balaban J connectivity index is 3.06. The molecule has 1 unspecified atom stereocenters. The maximum atomic E-state index is 11.1. The Bertz CT molecular complexity index is 536. The summed E-state index contributed by atoms with van der Waals surface area (Å²) in [5.41, 5.74) is 0.818. The van der Waals surface area contributed by atoms with E-state index in [-0.39, 0.29) is 0 Å². The Labute approximate surface area is 131 Å². The highest BCUT2D eigenvalue weighted by Gasteiger charge is 2.17. The van der Waals surface area contributed by atoms with Crippen LogP contribution < -0.4 is 14.4 Å². The largest absolute Gasteiger partial charge is 0.490 e. The number of carbonyl (C=O) groups is 1. The van der Waals surface area contributed by atoms with E-state index in [4.69, 9.17) is 21.0 Å². The van der Waals surface area contributed by atoms with Gasteiger partial charge in [-0.25, -0.2) is 0 Å². The van der Waals surface area contributed by atoms with Gasteiger partial charge in [-0.15, -0.1) is 6.42 Å². The molecule has 0 aliphatic carbocycles. The Morgan fingerprint density at radius 3 is 2.50 bits per heavy atom. The van der Waals surface area contributed by atoms with Gasteiger partial charge >= 0.3 is 5.97 Å². The van der Waals surface area contributed by atoms with Gasteiger partial charge in [0.15, 0.2) is 11.5 Å². The number of terminal acetylenes is 1. The Morgan fingerprint density at radius 1 is 1.32 bits per heavy atom. The standard InChI is InChI=1S/C17H23NO4/c1-5-10-18(12-13(4)17(19)20)14-8-9-15(21-6-2)16(11-14)22-7-3/h1,8-9,11,13H,6-7,10,12H2,2-4H3,(H,19,20). The monoisotopic (exact) mass is 305 g/mol. The van der Waals surface area contributed by atoms with E-state index in [0.717, 1.165) is 5.69 Å². The molecule has 1 rings (SSSR count). The number of rotatable bonds is 9. The topological polar surface area (TPSA) is 59.0 Å². The minimum Gasteiger partial charge on any atom is -0.490 e. The molecule has 5 nitrogen and oxygen atoms in total. The molecular weight excluding hydrogens is 282 g/mol. The van der Waals surface area contributed by atoms with Crippen molar-refractivity contribution in [1.82, 2.24) is 0 Å². The van der Waals surface area contributed by atoms with Crippen molar-refractivity contribution in [2.45, 2.75) is 20.8 Å². The molecule has 120 valence electrons. The molecule has 5 heteroatoms. The predicted octanol–water partition coefficient (Wildman–Crippen LogP) is 2.64. The summed E-state index contributed by atoms with van der Waals surface area (Å²) >= 11 is 0. The summed E-state index contributed by atoms with van der Waals surface area (Å²) in [6.45, 7) is 7.19. The number of ether oxygens (including phenoxy) is 2. The molecule has 0 aliphatic rings. The molecule has 22 heavy (non-hydrogen) atoms. The zero-order chi connectivity index (χ0) is 16.5. The van der Waals surface area contributed by atoms with Gasteiger partial charge in [0.2, 0.25) is 0 Å². The second kappa shape index (κ2) is 8.83. The van der Waals surface area contributed by atoms with E-state index in [1.165, 1.54) is 0 Å². The van der Waals surface area contributed by atoms with Gasteiger partial charge in [-0.3, -0.25) is 4.79 Å². The van der Waals surface area contributed by atoms with Crippen LogP contribution in [0.15, 0.2) is 18.2 Å². The highest BCUT2D eigenvalue weighted by molar-refractivity contribution is 5.70. The number of carboxylic acid groups (broad SMARTS) is 1. The molecule has 0 bridgehead atoms. The number of aliphatic carboxylic acids is 1. The summed E-state index contributed by atoms with van der Waals surface area (Å²) in [6, 6.07) is 5.51. The van der Waals surface area contributed by atoms with Gasteiger partial charge in [0.1, 0.15) is 0 Å². The molecule has 1 N–H and O–H groups in total. The molecule has 0 heterocycles. The van der Waals surface area contributed by atoms with E-state index in [1.54, 1.807) is 6.92 Å². The van der Waals surface area contributed by atoms with E-state index < -0.39 is 11.9 Å². The average Bonchev–Trinajstić information content (AvgIpc) is 2.49. The van der Waals surface area contributed by atoms with Crippen molar-refractivity contribution in [1.29, 1.82) is 0 Å². The van der Waals surface area contributed by atoms with Crippen LogP contribution >= 0.6 is 0 Å². The summed E-state index contributed by atoms with van der Waals surface area (Å²) in [6.07, 6.45) is 5.40. The van der Waals surface area contributed by atoms with E-state index in [9.17, 15) is 4.79 Å². The van der Waals surface area contributed by atoms with Crippen molar-refractivity contribution in [2.24, 2.45) is 5.92 Å². The highest BCUT2D eigenvalue weighted by atomic mass is 16.5. The van der Waals surface area contributed by atoms with Crippen LogP contribution in [0.2, 0.25) is 0 Å². The zero-order valence-corrected chi connectivity index (χ0v) is 13.3. The van der Waals surface area contributed by atoms with Crippen molar-refractivity contribution in [3.8, 4) is 23.8 Å². The van der Waals surface area contributed by atoms with Gasteiger partial charge in [-0.2, -0.15) is 0 Å². The first-order valence-corrected chi connectivity index (χ1v) is 7.34. The van der Waals surface area contributed by atoms with Crippen LogP contribution in [0, 0.1) is 18.3 Å². The fraction of sp³-hybridized carbons (Fsp3) is 0.471. The number of benzene rings is 1. The van der Waals surface area contributed by atoms with Crippen molar-refractivity contribution >= 4 is 11.7 Å². The number of anilines is 1. The Morgan fingerprint density at radius 2 is 1.95 bits per heavy atom. The fourth-order valence-corrected chi connectivity index (χ4v) is 2.02. The summed E-state index contributed by atoms with van der Waals surface area (Å²) in [4.78, 5) is 12.9. The Hall–Kier alpha value is -2.35. The molecule has 0 saturated heterocycles. The van der Waals surface area contributed by atoms with Gasteiger partial charge in [-0.05, 0) is 26.0 Å². The van der Waals surface area contributed by atoms with Crippen molar-refractivity contribution in [3.05, 3.63) is 18.2 Å². The van der Waals surface area contributed by atoms with E-state index in [2.05, 4.69) is 5.92 Å². The van der Waals surface area contributed by atoms with Gasteiger partial charge in [0.05, 0.1) is 25.7 Å². The van der Waals surface area contributed by atoms with E-state index in [1.807, 2.05) is 36.9 Å². The summed E-state index contributed by atoms with van der Waals surface area (Å²) in [5.74, 6) is 2.49. The first kappa shape index (κ1) is 17.7. The molecule has 0 radical (unpaired) electrons. The van der Waals surface area contributed by atoms with Crippen LogP contribution in [0.5, 0.6) is 11.5 Å². The first-order chi connectivity index (χ1) is 10.5. The number of carboxylic acids is 1. The summed E-state index contributed by atoms with van der Waals surface area (Å²) < 4.78 is 11.1. The predicted molar refractivity (Wildman–Crippen MR) is 86.6 cm³/mol. The maximum Gasteiger partial charge on any atom is 0.308 e. The van der Waals surface area contributed by atoms with Gasteiger partial charge in [0.25, 0.3) is 0 Å².